The van der Waals surface area contributed by atoms with Crippen molar-refractivity contribution in [3.63, 3.8) is 0 Å². The molecule has 1 aromatic carbocycles. The van der Waals surface area contributed by atoms with Crippen LogP contribution in [-0.2, 0) is 0 Å². The Morgan fingerprint density at radius 1 is 1.54 bits per heavy atom. The zero-order chi connectivity index (χ0) is 9.68. The fraction of sp³-hybridized carbons (Fsp3) is 0.222. The third-order valence-electron chi connectivity index (χ3n) is 1.47. The molecule has 0 amide bonds. The summed E-state index contributed by atoms with van der Waals surface area (Å²) in [5.41, 5.74) is 0.262. The summed E-state index contributed by atoms with van der Waals surface area (Å²) in [6, 6.07) is 4.79. The van der Waals surface area contributed by atoms with Gasteiger partial charge in [0.05, 0.1) is 10.6 Å². The largest absolute Gasteiger partial charge is 0.490 e. The van der Waals surface area contributed by atoms with Gasteiger partial charge in [-0.1, -0.05) is 17.7 Å². The second-order valence-corrected chi connectivity index (χ2v) is 2.71. The molecule has 1 rings (SSSR count). The van der Waals surface area contributed by atoms with E-state index < -0.39 is 6.67 Å². The molecular formula is C9H8ClFO2. The highest BCUT2D eigenvalue weighted by Gasteiger charge is 2.06. The van der Waals surface area contributed by atoms with E-state index in [2.05, 4.69) is 0 Å². The molecule has 0 N–H and O–H groups in total. The lowest BCUT2D eigenvalue weighted by Gasteiger charge is -2.06. The smallest absolute Gasteiger partial charge is 0.155 e. The lowest BCUT2D eigenvalue weighted by atomic mass is 10.2. The predicted octanol–water partition coefficient (Wildman–Crippen LogP) is 2.50. The van der Waals surface area contributed by atoms with E-state index in [0.29, 0.717) is 17.1 Å². The third-order valence-corrected chi connectivity index (χ3v) is 1.80. The minimum Gasteiger partial charge on any atom is -0.490 e. The van der Waals surface area contributed by atoms with Crippen LogP contribution in [0.15, 0.2) is 18.2 Å². The predicted molar refractivity (Wildman–Crippen MR) is 48.3 cm³/mol. The van der Waals surface area contributed by atoms with Gasteiger partial charge in [-0.3, -0.25) is 4.79 Å². The molecule has 0 aliphatic rings. The molecule has 1 aromatic rings. The standard InChI is InChI=1S/C9H8ClFO2/c10-8-2-1-3-9(7(8)6-12)13-5-4-11/h1-3,6H,4-5H2. The Balaban J connectivity index is 2.91. The monoisotopic (exact) mass is 202 g/mol. The van der Waals surface area contributed by atoms with Crippen LogP contribution in [0.2, 0.25) is 5.02 Å². The minimum atomic E-state index is -0.592. The van der Waals surface area contributed by atoms with Gasteiger partial charge in [-0.2, -0.15) is 0 Å². The molecule has 0 atom stereocenters. The molecule has 0 saturated heterocycles. The van der Waals surface area contributed by atoms with Gasteiger partial charge in [0.2, 0.25) is 0 Å². The average molecular weight is 203 g/mol. The maximum Gasteiger partial charge on any atom is 0.155 e. The van der Waals surface area contributed by atoms with E-state index in [1.807, 2.05) is 0 Å². The molecule has 0 radical (unpaired) electrons. The van der Waals surface area contributed by atoms with Crippen molar-refractivity contribution in [2.75, 3.05) is 13.3 Å². The van der Waals surface area contributed by atoms with Crippen LogP contribution >= 0.6 is 11.6 Å². The first-order valence-electron chi connectivity index (χ1n) is 3.72. The Bertz CT molecular complexity index is 302. The lowest BCUT2D eigenvalue weighted by Crippen LogP contribution is -2.01. The number of aldehydes is 1. The van der Waals surface area contributed by atoms with Crippen molar-refractivity contribution in [3.8, 4) is 5.75 Å². The molecule has 0 aliphatic heterocycles. The Labute approximate surface area is 80.3 Å². The van der Waals surface area contributed by atoms with Gasteiger partial charge in [-0.05, 0) is 12.1 Å². The van der Waals surface area contributed by atoms with Gasteiger partial charge in [0.25, 0.3) is 0 Å². The van der Waals surface area contributed by atoms with Crippen LogP contribution < -0.4 is 4.74 Å². The highest BCUT2D eigenvalue weighted by molar-refractivity contribution is 6.33. The summed E-state index contributed by atoms with van der Waals surface area (Å²) in [6.45, 7) is -0.661. The molecule has 0 unspecified atom stereocenters. The van der Waals surface area contributed by atoms with Crippen molar-refractivity contribution < 1.29 is 13.9 Å². The number of alkyl halides is 1. The topological polar surface area (TPSA) is 26.3 Å². The Morgan fingerprint density at radius 3 is 2.92 bits per heavy atom. The van der Waals surface area contributed by atoms with Gasteiger partial charge in [0.1, 0.15) is 19.0 Å². The second kappa shape index (κ2) is 4.82. The number of ether oxygens (including phenoxy) is 1. The van der Waals surface area contributed by atoms with Crippen molar-refractivity contribution in [2.45, 2.75) is 0 Å². The van der Waals surface area contributed by atoms with Crippen LogP contribution in [-0.4, -0.2) is 19.6 Å². The van der Waals surface area contributed by atoms with Crippen LogP contribution in [0, 0.1) is 0 Å². The summed E-state index contributed by atoms with van der Waals surface area (Å²) in [4.78, 5) is 10.6. The van der Waals surface area contributed by atoms with Gasteiger partial charge in [-0.15, -0.1) is 0 Å². The highest BCUT2D eigenvalue weighted by atomic mass is 35.5. The van der Waals surface area contributed by atoms with Crippen LogP contribution in [0.1, 0.15) is 10.4 Å². The van der Waals surface area contributed by atoms with Gasteiger partial charge >= 0.3 is 0 Å². The number of hydrogen-bond donors (Lipinski definition) is 0. The quantitative estimate of drug-likeness (QED) is 0.702. The maximum atomic E-state index is 11.8. The molecule has 0 saturated carbocycles. The van der Waals surface area contributed by atoms with Crippen molar-refractivity contribution >= 4 is 17.9 Å². The normalized spacial score (nSPS) is 9.69. The van der Waals surface area contributed by atoms with E-state index in [1.165, 1.54) is 0 Å². The Kier molecular flexibility index (Phi) is 3.71. The SMILES string of the molecule is O=Cc1c(Cl)cccc1OCCF. The number of carbonyl (C=O) groups is 1. The highest BCUT2D eigenvalue weighted by Crippen LogP contribution is 2.24. The molecule has 70 valence electrons. The molecule has 0 aliphatic carbocycles. The van der Waals surface area contributed by atoms with Crippen molar-refractivity contribution in [2.24, 2.45) is 0 Å². The minimum absolute atomic E-state index is 0.0683. The number of halogens is 2. The Hall–Kier alpha value is -1.09. The van der Waals surface area contributed by atoms with Gasteiger partial charge in [0, 0.05) is 0 Å². The van der Waals surface area contributed by atoms with Crippen molar-refractivity contribution in [3.05, 3.63) is 28.8 Å². The van der Waals surface area contributed by atoms with E-state index in [4.69, 9.17) is 16.3 Å². The molecule has 0 aromatic heterocycles. The number of rotatable bonds is 4. The van der Waals surface area contributed by atoms with Crippen molar-refractivity contribution in [1.82, 2.24) is 0 Å². The first-order valence-corrected chi connectivity index (χ1v) is 4.10. The fourth-order valence-corrected chi connectivity index (χ4v) is 1.12. The first-order chi connectivity index (χ1) is 6.29. The summed E-state index contributed by atoms with van der Waals surface area (Å²) in [5, 5.41) is 0.311. The first kappa shape index (κ1) is 9.99. The number of hydrogen-bond acceptors (Lipinski definition) is 2. The summed E-state index contributed by atoms with van der Waals surface area (Å²) < 4.78 is 16.7. The van der Waals surface area contributed by atoms with Gasteiger partial charge in [0.15, 0.2) is 6.29 Å². The fourth-order valence-electron chi connectivity index (χ4n) is 0.906. The molecule has 0 bridgehead atoms. The van der Waals surface area contributed by atoms with Gasteiger partial charge in [-0.25, -0.2) is 4.39 Å². The van der Waals surface area contributed by atoms with Crippen LogP contribution in [0.25, 0.3) is 0 Å². The molecule has 13 heavy (non-hydrogen) atoms. The molecule has 0 heterocycles. The summed E-state index contributed by atoms with van der Waals surface area (Å²) in [7, 11) is 0. The van der Waals surface area contributed by atoms with E-state index >= 15 is 0 Å². The van der Waals surface area contributed by atoms with Gasteiger partial charge < -0.3 is 4.74 Å². The lowest BCUT2D eigenvalue weighted by molar-refractivity contribution is 0.111. The molecular weight excluding hydrogens is 195 g/mol. The Morgan fingerprint density at radius 2 is 2.31 bits per heavy atom. The zero-order valence-electron chi connectivity index (χ0n) is 6.80. The van der Waals surface area contributed by atoms with Crippen LogP contribution in [0.3, 0.4) is 0 Å². The summed E-state index contributed by atoms with van der Waals surface area (Å²) in [5.74, 6) is 0.320. The van der Waals surface area contributed by atoms with E-state index in [1.54, 1.807) is 18.2 Å². The summed E-state index contributed by atoms with van der Waals surface area (Å²) >= 11 is 5.70. The molecule has 2 nitrogen and oxygen atoms in total. The van der Waals surface area contributed by atoms with E-state index in [-0.39, 0.29) is 12.2 Å². The van der Waals surface area contributed by atoms with E-state index in [0.717, 1.165) is 0 Å². The third kappa shape index (κ3) is 2.42. The second-order valence-electron chi connectivity index (χ2n) is 2.31. The van der Waals surface area contributed by atoms with Crippen LogP contribution in [0.5, 0.6) is 5.75 Å². The van der Waals surface area contributed by atoms with Crippen molar-refractivity contribution in [1.29, 1.82) is 0 Å². The number of carbonyl (C=O) groups excluding carboxylic acids is 1. The molecule has 0 fully saturated rings. The maximum absolute atomic E-state index is 11.8. The zero-order valence-corrected chi connectivity index (χ0v) is 7.55. The van der Waals surface area contributed by atoms with Crippen LogP contribution in [0.4, 0.5) is 4.39 Å². The molecule has 4 heteroatoms. The summed E-state index contributed by atoms with van der Waals surface area (Å²) in [6.07, 6.45) is 0.593. The average Bonchev–Trinajstić information content (AvgIpc) is 2.15. The number of benzene rings is 1. The van der Waals surface area contributed by atoms with E-state index in [9.17, 15) is 9.18 Å². The molecule has 0 spiro atoms.